The van der Waals surface area contributed by atoms with Gasteiger partial charge in [0.15, 0.2) is 17.5 Å². The van der Waals surface area contributed by atoms with Gasteiger partial charge in [0.1, 0.15) is 7.14 Å². The summed E-state index contributed by atoms with van der Waals surface area (Å²) in [5.74, 6) is 3.36. The summed E-state index contributed by atoms with van der Waals surface area (Å²) in [5.41, 5.74) is 10.3. The monoisotopic (exact) mass is 757 g/mol. The fourth-order valence-corrected chi connectivity index (χ4v) is 10.5. The van der Waals surface area contributed by atoms with E-state index < -0.39 is 7.14 Å². The molecule has 2 aliphatic rings. The van der Waals surface area contributed by atoms with Crippen LogP contribution in [-0.4, -0.2) is 28.3 Å². The Kier molecular flexibility index (Phi) is 8.84. The quantitative estimate of drug-likeness (QED) is 0.145. The number of hydrogen-bond acceptors (Lipinski definition) is 4. The van der Waals surface area contributed by atoms with Crippen molar-refractivity contribution < 1.29 is 4.57 Å². The number of benzene rings is 7. The zero-order valence-electron chi connectivity index (χ0n) is 32.3. The maximum absolute atomic E-state index is 12.6. The third-order valence-corrected chi connectivity index (χ3v) is 14.2. The Morgan fingerprint density at radius 1 is 0.474 bits per heavy atom. The summed E-state index contributed by atoms with van der Waals surface area (Å²) in [6.07, 6.45) is 5.05. The molecular formula is C52H44N3OP. The molecule has 10 rings (SSSR count). The Bertz CT molecular complexity index is 2780. The lowest BCUT2D eigenvalue weighted by Crippen LogP contribution is -2.34. The molecule has 4 nitrogen and oxygen atoms in total. The van der Waals surface area contributed by atoms with Gasteiger partial charge in [0.25, 0.3) is 0 Å². The third kappa shape index (κ3) is 6.62. The molecule has 57 heavy (non-hydrogen) atoms. The molecule has 0 spiro atoms. The van der Waals surface area contributed by atoms with Gasteiger partial charge in [-0.25, -0.2) is 15.0 Å². The van der Waals surface area contributed by atoms with E-state index in [-0.39, 0.29) is 5.41 Å². The molecule has 2 saturated carbocycles. The van der Waals surface area contributed by atoms with E-state index in [2.05, 4.69) is 152 Å². The van der Waals surface area contributed by atoms with E-state index in [1.807, 2.05) is 31.5 Å². The molecule has 2 aliphatic carbocycles. The van der Waals surface area contributed by atoms with E-state index in [9.17, 15) is 4.57 Å². The van der Waals surface area contributed by atoms with Gasteiger partial charge in [0.05, 0.1) is 0 Å². The molecule has 1 heterocycles. The molecule has 0 radical (unpaired) electrons. The smallest absolute Gasteiger partial charge is 0.164 e. The maximum Gasteiger partial charge on any atom is 0.164 e. The van der Waals surface area contributed by atoms with E-state index >= 15 is 0 Å². The summed E-state index contributed by atoms with van der Waals surface area (Å²) in [5, 5.41) is 3.26. The number of fused-ring (bicyclic) bond motifs is 3. The number of nitrogens with zero attached hydrogens (tertiary/aromatic N) is 3. The zero-order valence-corrected chi connectivity index (χ0v) is 33.2. The molecule has 3 unspecified atom stereocenters. The lowest BCUT2D eigenvalue weighted by atomic mass is 9.64. The SMILES string of the molecule is CP(C)(=O)c1ccc(-c2ccc(C3(c4ccc(-c5nc(-c6ccc(-c7ccccc7)cc6)nc(-c6ccc7ccccc7c6)n5)cc4)CC4CCC3C4)cc2)cc1. The van der Waals surface area contributed by atoms with Crippen LogP contribution in [0.3, 0.4) is 0 Å². The average molecular weight is 758 g/mol. The van der Waals surface area contributed by atoms with Gasteiger partial charge in [-0.05, 0) is 94.6 Å². The molecule has 3 atom stereocenters. The molecular weight excluding hydrogens is 714 g/mol. The van der Waals surface area contributed by atoms with Gasteiger partial charge < -0.3 is 4.57 Å². The Morgan fingerprint density at radius 3 is 1.47 bits per heavy atom. The number of aromatic nitrogens is 3. The Balaban J connectivity index is 1.02. The zero-order chi connectivity index (χ0) is 38.6. The minimum absolute atomic E-state index is 0.0259. The largest absolute Gasteiger partial charge is 0.319 e. The van der Waals surface area contributed by atoms with Crippen molar-refractivity contribution in [2.24, 2.45) is 11.8 Å². The fraction of sp³-hybridized carbons (Fsp3) is 0.173. The molecule has 2 bridgehead atoms. The highest BCUT2D eigenvalue weighted by molar-refractivity contribution is 7.70. The van der Waals surface area contributed by atoms with Crippen LogP contribution in [0.2, 0.25) is 0 Å². The second-order valence-corrected chi connectivity index (χ2v) is 19.6. The predicted molar refractivity (Wildman–Crippen MR) is 236 cm³/mol. The first-order valence-corrected chi connectivity index (χ1v) is 22.7. The van der Waals surface area contributed by atoms with Crippen LogP contribution in [0.5, 0.6) is 0 Å². The number of rotatable bonds is 8. The first kappa shape index (κ1) is 35.5. The second kappa shape index (κ2) is 14.2. The van der Waals surface area contributed by atoms with E-state index in [1.54, 1.807) is 0 Å². The van der Waals surface area contributed by atoms with Crippen molar-refractivity contribution in [3.8, 4) is 56.4 Å². The Labute approximate surface area is 335 Å². The van der Waals surface area contributed by atoms with Crippen molar-refractivity contribution in [2.45, 2.75) is 31.1 Å². The molecule has 5 heteroatoms. The minimum Gasteiger partial charge on any atom is -0.319 e. The van der Waals surface area contributed by atoms with E-state index in [4.69, 9.17) is 15.0 Å². The summed E-state index contributed by atoms with van der Waals surface area (Å²) in [7, 11) is -2.29. The second-order valence-electron chi connectivity index (χ2n) is 16.4. The third-order valence-electron chi connectivity index (χ3n) is 12.6. The van der Waals surface area contributed by atoms with Crippen LogP contribution < -0.4 is 5.30 Å². The fourth-order valence-electron chi connectivity index (χ4n) is 9.63. The first-order chi connectivity index (χ1) is 27.8. The number of hydrogen-bond donors (Lipinski definition) is 0. The van der Waals surface area contributed by atoms with Gasteiger partial charge in [0.2, 0.25) is 0 Å². The molecule has 0 amide bonds. The van der Waals surface area contributed by atoms with E-state index in [0.717, 1.165) is 44.4 Å². The van der Waals surface area contributed by atoms with Crippen LogP contribution in [0.1, 0.15) is 36.8 Å². The van der Waals surface area contributed by atoms with Gasteiger partial charge in [-0.15, -0.1) is 0 Å². The predicted octanol–water partition coefficient (Wildman–Crippen LogP) is 12.7. The highest BCUT2D eigenvalue weighted by atomic mass is 31.2. The van der Waals surface area contributed by atoms with Gasteiger partial charge in [-0.1, -0.05) is 170 Å². The van der Waals surface area contributed by atoms with Crippen LogP contribution in [0.25, 0.3) is 67.2 Å². The first-order valence-electron chi connectivity index (χ1n) is 20.1. The minimum atomic E-state index is -2.29. The average Bonchev–Trinajstić information content (AvgIpc) is 3.90. The van der Waals surface area contributed by atoms with E-state index in [0.29, 0.717) is 23.4 Å². The summed E-state index contributed by atoms with van der Waals surface area (Å²) in [6.45, 7) is 3.66. The molecule has 0 saturated heterocycles. The molecule has 2 fully saturated rings. The Hall–Kier alpha value is -5.96. The van der Waals surface area contributed by atoms with Crippen LogP contribution in [0, 0.1) is 11.8 Å². The standard InChI is InChI=1S/C52H44N3OP/c1-57(2,56)48-30-23-40(24-31-48)39-19-26-45(27-20-39)52(34-35-12-25-47(52)32-35)46-28-21-42(22-29-46)50-53-49(41-16-13-38(14-17-41)36-8-4-3-5-9-36)54-51(55-50)44-18-15-37-10-6-7-11-43(37)33-44/h3-11,13-24,26-31,33,35,47H,12,25,32,34H2,1-2H3. The molecule has 0 N–H and O–H groups in total. The van der Waals surface area contributed by atoms with Gasteiger partial charge >= 0.3 is 0 Å². The lowest BCUT2D eigenvalue weighted by molar-refractivity contribution is 0.320. The highest BCUT2D eigenvalue weighted by Crippen LogP contribution is 2.60. The van der Waals surface area contributed by atoms with Crippen LogP contribution >= 0.6 is 7.14 Å². The Morgan fingerprint density at radius 2 is 0.930 bits per heavy atom. The lowest BCUT2D eigenvalue weighted by Gasteiger charge is -2.39. The van der Waals surface area contributed by atoms with Crippen LogP contribution in [-0.2, 0) is 9.98 Å². The topological polar surface area (TPSA) is 55.7 Å². The summed E-state index contributed by atoms with van der Waals surface area (Å²) in [6, 6.07) is 60.4. The van der Waals surface area contributed by atoms with Crippen LogP contribution in [0.15, 0.2) is 170 Å². The van der Waals surface area contributed by atoms with Crippen molar-refractivity contribution in [1.29, 1.82) is 0 Å². The van der Waals surface area contributed by atoms with Crippen molar-refractivity contribution in [1.82, 2.24) is 15.0 Å². The maximum atomic E-state index is 12.6. The molecule has 0 aliphatic heterocycles. The summed E-state index contributed by atoms with van der Waals surface area (Å²) in [4.78, 5) is 15.3. The van der Waals surface area contributed by atoms with Crippen molar-refractivity contribution >= 4 is 23.2 Å². The molecule has 278 valence electrons. The highest BCUT2D eigenvalue weighted by Gasteiger charge is 2.52. The van der Waals surface area contributed by atoms with Gasteiger partial charge in [0, 0.05) is 27.4 Å². The van der Waals surface area contributed by atoms with Gasteiger partial charge in [-0.2, -0.15) is 0 Å². The normalized spacial score (nSPS) is 18.9. The van der Waals surface area contributed by atoms with Gasteiger partial charge in [-0.3, -0.25) is 0 Å². The van der Waals surface area contributed by atoms with E-state index in [1.165, 1.54) is 53.3 Å². The summed E-state index contributed by atoms with van der Waals surface area (Å²) < 4.78 is 12.6. The molecule has 7 aromatic carbocycles. The van der Waals surface area contributed by atoms with Crippen LogP contribution in [0.4, 0.5) is 0 Å². The molecule has 1 aromatic heterocycles. The van der Waals surface area contributed by atoms with Crippen molar-refractivity contribution in [3.05, 3.63) is 181 Å². The van der Waals surface area contributed by atoms with Crippen molar-refractivity contribution in [3.63, 3.8) is 0 Å². The summed E-state index contributed by atoms with van der Waals surface area (Å²) >= 11 is 0. The van der Waals surface area contributed by atoms with Crippen molar-refractivity contribution in [2.75, 3.05) is 13.3 Å². The molecule has 8 aromatic rings.